The number of carbonyl (C=O) groups is 1. The molecule has 0 saturated carbocycles. The van der Waals surface area contributed by atoms with Crippen molar-refractivity contribution in [2.75, 3.05) is 20.6 Å². The topological polar surface area (TPSA) is 52.6 Å². The summed E-state index contributed by atoms with van der Waals surface area (Å²) in [6, 6.07) is 12.8. The van der Waals surface area contributed by atoms with Crippen LogP contribution in [0.1, 0.15) is 17.2 Å². The van der Waals surface area contributed by atoms with Crippen molar-refractivity contribution >= 4 is 5.91 Å². The maximum Gasteiger partial charge on any atom is 0.224 e. The monoisotopic (exact) mass is 316 g/mol. The highest BCUT2D eigenvalue weighted by Gasteiger charge is 2.16. The summed E-state index contributed by atoms with van der Waals surface area (Å²) in [6.45, 7) is 0.396. The molecule has 4 nitrogen and oxygen atoms in total. The number of phenolic OH excluding ortho intramolecular Hbond substituents is 1. The van der Waals surface area contributed by atoms with Crippen molar-refractivity contribution in [2.24, 2.45) is 0 Å². The molecule has 1 atom stereocenters. The molecule has 2 N–H and O–H groups in total. The molecule has 0 aliphatic heterocycles. The first-order valence-corrected chi connectivity index (χ1v) is 7.42. The van der Waals surface area contributed by atoms with E-state index in [1.165, 1.54) is 12.1 Å². The van der Waals surface area contributed by atoms with E-state index < -0.39 is 0 Å². The van der Waals surface area contributed by atoms with Gasteiger partial charge >= 0.3 is 0 Å². The number of likely N-dealkylation sites (N-methyl/N-ethyl adjacent to an activating group) is 1. The summed E-state index contributed by atoms with van der Waals surface area (Å²) in [7, 11) is 3.78. The molecule has 0 aliphatic carbocycles. The zero-order chi connectivity index (χ0) is 16.8. The Morgan fingerprint density at radius 2 is 1.91 bits per heavy atom. The second-order valence-corrected chi connectivity index (χ2v) is 5.68. The van der Waals surface area contributed by atoms with E-state index in [1.54, 1.807) is 30.3 Å². The van der Waals surface area contributed by atoms with Crippen LogP contribution in [0.3, 0.4) is 0 Å². The van der Waals surface area contributed by atoms with Crippen molar-refractivity contribution in [1.82, 2.24) is 10.2 Å². The van der Waals surface area contributed by atoms with Gasteiger partial charge in [0, 0.05) is 6.54 Å². The molecule has 1 unspecified atom stereocenters. The number of nitrogens with zero attached hydrogens (tertiary/aromatic N) is 1. The Labute approximate surface area is 135 Å². The maximum absolute atomic E-state index is 13.4. The molecule has 2 aromatic rings. The third-order valence-corrected chi connectivity index (χ3v) is 3.65. The number of phenols is 1. The van der Waals surface area contributed by atoms with E-state index in [9.17, 15) is 14.3 Å². The minimum absolute atomic E-state index is 0.102. The molecule has 0 heterocycles. The van der Waals surface area contributed by atoms with Crippen LogP contribution in [0.15, 0.2) is 48.5 Å². The number of rotatable bonds is 6. The first kappa shape index (κ1) is 17.0. The highest BCUT2D eigenvalue weighted by molar-refractivity contribution is 5.78. The number of amides is 1. The van der Waals surface area contributed by atoms with Gasteiger partial charge in [0.2, 0.25) is 5.91 Å². The van der Waals surface area contributed by atoms with E-state index in [-0.39, 0.29) is 29.9 Å². The Hall–Kier alpha value is -2.40. The number of hydrogen-bond donors (Lipinski definition) is 2. The quantitative estimate of drug-likeness (QED) is 0.861. The molecule has 0 bridgehead atoms. The number of benzene rings is 2. The predicted molar refractivity (Wildman–Crippen MR) is 87.6 cm³/mol. The highest BCUT2D eigenvalue weighted by atomic mass is 19.1. The van der Waals surface area contributed by atoms with Crippen LogP contribution < -0.4 is 5.32 Å². The van der Waals surface area contributed by atoms with Gasteiger partial charge < -0.3 is 15.3 Å². The molecule has 2 rings (SSSR count). The van der Waals surface area contributed by atoms with Gasteiger partial charge in [-0.15, -0.1) is 0 Å². The summed E-state index contributed by atoms with van der Waals surface area (Å²) >= 11 is 0. The SMILES string of the molecule is CN(C)C(CNC(=O)Cc1ccc(O)cc1)c1cccc(F)c1. The zero-order valence-electron chi connectivity index (χ0n) is 13.3. The van der Waals surface area contributed by atoms with Gasteiger partial charge in [0.15, 0.2) is 0 Å². The lowest BCUT2D eigenvalue weighted by Gasteiger charge is -2.25. The van der Waals surface area contributed by atoms with Crippen molar-refractivity contribution in [1.29, 1.82) is 0 Å². The average molecular weight is 316 g/mol. The van der Waals surface area contributed by atoms with E-state index in [0.29, 0.717) is 6.54 Å². The lowest BCUT2D eigenvalue weighted by atomic mass is 10.1. The van der Waals surface area contributed by atoms with Gasteiger partial charge in [-0.3, -0.25) is 4.79 Å². The molecule has 0 radical (unpaired) electrons. The van der Waals surface area contributed by atoms with Gasteiger partial charge in [-0.1, -0.05) is 24.3 Å². The Bertz CT molecular complexity index is 656. The van der Waals surface area contributed by atoms with Gasteiger partial charge in [0.05, 0.1) is 12.5 Å². The molecule has 0 saturated heterocycles. The van der Waals surface area contributed by atoms with Crippen molar-refractivity contribution < 1.29 is 14.3 Å². The molecule has 2 aromatic carbocycles. The molecule has 122 valence electrons. The number of halogens is 1. The molecular formula is C18H21FN2O2. The zero-order valence-corrected chi connectivity index (χ0v) is 13.3. The van der Waals surface area contributed by atoms with E-state index in [1.807, 2.05) is 25.1 Å². The molecule has 5 heteroatoms. The van der Waals surface area contributed by atoms with Crippen LogP contribution in [0.4, 0.5) is 4.39 Å². The molecular weight excluding hydrogens is 295 g/mol. The molecule has 23 heavy (non-hydrogen) atoms. The van der Waals surface area contributed by atoms with Gasteiger partial charge in [-0.2, -0.15) is 0 Å². The summed E-state index contributed by atoms with van der Waals surface area (Å²) in [6.07, 6.45) is 0.240. The average Bonchev–Trinajstić information content (AvgIpc) is 2.49. The first-order valence-electron chi connectivity index (χ1n) is 7.42. The predicted octanol–water partition coefficient (Wildman–Crippen LogP) is 2.49. The third kappa shape index (κ3) is 5.07. The molecule has 1 amide bonds. The van der Waals surface area contributed by atoms with Crippen molar-refractivity contribution in [3.05, 3.63) is 65.5 Å². The summed E-state index contributed by atoms with van der Waals surface area (Å²) in [5, 5.41) is 12.1. The standard InChI is InChI=1S/C18H21FN2O2/c1-21(2)17(14-4-3-5-15(19)11-14)12-20-18(23)10-13-6-8-16(22)9-7-13/h3-9,11,17,22H,10,12H2,1-2H3,(H,20,23). The van der Waals surface area contributed by atoms with Crippen LogP contribution in [0, 0.1) is 5.82 Å². The Morgan fingerprint density at radius 1 is 1.22 bits per heavy atom. The summed E-state index contributed by atoms with van der Waals surface area (Å²) in [5.74, 6) is -0.225. The van der Waals surface area contributed by atoms with Crippen LogP contribution in [0.5, 0.6) is 5.75 Å². The first-order chi connectivity index (χ1) is 11.0. The molecule has 0 aliphatic rings. The van der Waals surface area contributed by atoms with Gasteiger partial charge in [-0.05, 0) is 49.5 Å². The fraction of sp³-hybridized carbons (Fsp3) is 0.278. The fourth-order valence-corrected chi connectivity index (χ4v) is 2.38. The summed E-state index contributed by atoms with van der Waals surface area (Å²) in [4.78, 5) is 14.0. The highest BCUT2D eigenvalue weighted by Crippen LogP contribution is 2.18. The summed E-state index contributed by atoms with van der Waals surface area (Å²) in [5.41, 5.74) is 1.65. The van der Waals surface area contributed by atoms with Crippen LogP contribution in [0.2, 0.25) is 0 Å². The van der Waals surface area contributed by atoms with E-state index in [4.69, 9.17) is 0 Å². The summed E-state index contributed by atoms with van der Waals surface area (Å²) < 4.78 is 13.4. The van der Waals surface area contributed by atoms with Crippen molar-refractivity contribution in [3.8, 4) is 5.75 Å². The van der Waals surface area contributed by atoms with Crippen molar-refractivity contribution in [2.45, 2.75) is 12.5 Å². The van der Waals surface area contributed by atoms with Crippen LogP contribution in [-0.4, -0.2) is 36.6 Å². The van der Waals surface area contributed by atoms with Gasteiger partial charge in [-0.25, -0.2) is 4.39 Å². The van der Waals surface area contributed by atoms with Crippen LogP contribution >= 0.6 is 0 Å². The lowest BCUT2D eigenvalue weighted by Crippen LogP contribution is -2.35. The smallest absolute Gasteiger partial charge is 0.224 e. The number of nitrogens with one attached hydrogen (secondary N) is 1. The number of carbonyl (C=O) groups excluding carboxylic acids is 1. The molecule has 0 fully saturated rings. The van der Waals surface area contributed by atoms with Gasteiger partial charge in [0.1, 0.15) is 11.6 Å². The van der Waals surface area contributed by atoms with E-state index in [2.05, 4.69) is 5.32 Å². The Balaban J connectivity index is 1.96. The maximum atomic E-state index is 13.4. The lowest BCUT2D eigenvalue weighted by molar-refractivity contribution is -0.120. The normalized spacial score (nSPS) is 12.2. The van der Waals surface area contributed by atoms with E-state index in [0.717, 1.165) is 11.1 Å². The third-order valence-electron chi connectivity index (χ3n) is 3.65. The van der Waals surface area contributed by atoms with E-state index >= 15 is 0 Å². The second-order valence-electron chi connectivity index (χ2n) is 5.68. The molecule has 0 spiro atoms. The van der Waals surface area contributed by atoms with Crippen molar-refractivity contribution in [3.63, 3.8) is 0 Å². The Morgan fingerprint density at radius 3 is 2.52 bits per heavy atom. The second kappa shape index (κ2) is 7.74. The minimum atomic E-state index is -0.287. The van der Waals surface area contributed by atoms with Crippen LogP contribution in [-0.2, 0) is 11.2 Å². The number of hydrogen-bond acceptors (Lipinski definition) is 3. The van der Waals surface area contributed by atoms with Crippen LogP contribution in [0.25, 0.3) is 0 Å². The number of aromatic hydroxyl groups is 1. The Kier molecular flexibility index (Phi) is 5.71. The van der Waals surface area contributed by atoms with Gasteiger partial charge in [0.25, 0.3) is 0 Å². The molecule has 0 aromatic heterocycles. The fourth-order valence-electron chi connectivity index (χ4n) is 2.38. The minimum Gasteiger partial charge on any atom is -0.508 e. The largest absolute Gasteiger partial charge is 0.508 e.